The Labute approximate surface area is 121 Å². The molecule has 0 saturated carbocycles. The number of hydrogen-bond donors (Lipinski definition) is 2. The number of carbonyl (C=O) groups is 2. The highest BCUT2D eigenvalue weighted by Gasteiger charge is 2.43. The minimum atomic E-state index is -0.787. The van der Waals surface area contributed by atoms with Crippen LogP contribution in [0.4, 0.5) is 4.79 Å². The molecule has 116 valence electrons. The average Bonchev–Trinajstić information content (AvgIpc) is 2.55. The summed E-state index contributed by atoms with van der Waals surface area (Å²) in [6.45, 7) is 13.2. The zero-order chi connectivity index (χ0) is 15.6. The molecule has 0 radical (unpaired) electrons. The number of rotatable bonds is 7. The highest BCUT2D eigenvalue weighted by Crippen LogP contribution is 2.18. The van der Waals surface area contributed by atoms with Crippen LogP contribution < -0.4 is 11.1 Å². The van der Waals surface area contributed by atoms with E-state index >= 15 is 0 Å². The fourth-order valence-electron chi connectivity index (χ4n) is 2.28. The van der Waals surface area contributed by atoms with Gasteiger partial charge in [0.25, 0.3) is 5.91 Å². The third-order valence-electron chi connectivity index (χ3n) is 3.74. The molecule has 0 aromatic rings. The first-order chi connectivity index (χ1) is 9.13. The van der Waals surface area contributed by atoms with Crippen molar-refractivity contribution in [2.45, 2.75) is 40.2 Å². The van der Waals surface area contributed by atoms with Crippen LogP contribution in [0.3, 0.4) is 0 Å². The Morgan fingerprint density at radius 1 is 1.35 bits per heavy atom. The van der Waals surface area contributed by atoms with Crippen molar-refractivity contribution >= 4 is 11.9 Å². The lowest BCUT2D eigenvalue weighted by atomic mass is 9.93. The molecule has 1 fully saturated rings. The summed E-state index contributed by atoms with van der Waals surface area (Å²) in [4.78, 5) is 27.4. The van der Waals surface area contributed by atoms with Crippen LogP contribution in [0.2, 0.25) is 0 Å². The lowest BCUT2D eigenvalue weighted by Gasteiger charge is -2.31. The van der Waals surface area contributed by atoms with Gasteiger partial charge in [0.1, 0.15) is 5.54 Å². The molecule has 1 rings (SSSR count). The number of nitrogens with two attached hydrogens (primary N) is 1. The Hall–Kier alpha value is -1.14. The molecule has 6 heteroatoms. The summed E-state index contributed by atoms with van der Waals surface area (Å²) < 4.78 is 0. The monoisotopic (exact) mass is 284 g/mol. The van der Waals surface area contributed by atoms with E-state index in [1.807, 2.05) is 0 Å². The molecule has 0 unspecified atom stereocenters. The maximum atomic E-state index is 12.1. The molecule has 0 aromatic heterocycles. The van der Waals surface area contributed by atoms with Crippen LogP contribution in [0.5, 0.6) is 0 Å². The van der Waals surface area contributed by atoms with E-state index in [1.165, 1.54) is 4.90 Å². The normalized spacial score (nSPS) is 18.9. The van der Waals surface area contributed by atoms with Gasteiger partial charge in [-0.15, -0.1) is 0 Å². The number of likely N-dealkylation sites (N-methyl/N-ethyl adjacent to an activating group) is 1. The molecule has 6 nitrogen and oxygen atoms in total. The van der Waals surface area contributed by atoms with Crippen molar-refractivity contribution in [2.75, 3.05) is 32.7 Å². The van der Waals surface area contributed by atoms with E-state index in [-0.39, 0.29) is 17.4 Å². The number of carbonyl (C=O) groups excluding carboxylic acids is 2. The lowest BCUT2D eigenvalue weighted by molar-refractivity contribution is -0.130. The first-order valence-corrected chi connectivity index (χ1v) is 7.19. The molecular formula is C14H28N4O2. The number of nitrogens with zero attached hydrogens (tertiary/aromatic N) is 2. The quantitative estimate of drug-likeness (QED) is 0.672. The molecule has 20 heavy (non-hydrogen) atoms. The predicted octanol–water partition coefficient (Wildman–Crippen LogP) is 0.624. The molecule has 0 aliphatic carbocycles. The van der Waals surface area contributed by atoms with Crippen LogP contribution in [0.1, 0.15) is 34.6 Å². The van der Waals surface area contributed by atoms with Gasteiger partial charge in [0.2, 0.25) is 0 Å². The fourth-order valence-corrected chi connectivity index (χ4v) is 2.28. The van der Waals surface area contributed by atoms with Crippen molar-refractivity contribution in [3.8, 4) is 0 Å². The van der Waals surface area contributed by atoms with Crippen molar-refractivity contribution in [3.05, 3.63) is 0 Å². The summed E-state index contributed by atoms with van der Waals surface area (Å²) in [6, 6.07) is -0.297. The molecule has 0 spiro atoms. The van der Waals surface area contributed by atoms with Crippen LogP contribution in [0.25, 0.3) is 0 Å². The summed E-state index contributed by atoms with van der Waals surface area (Å²) in [5.41, 5.74) is 5.00. The maximum absolute atomic E-state index is 12.1. The molecule has 0 aromatic carbocycles. The summed E-state index contributed by atoms with van der Waals surface area (Å²) in [7, 11) is 0. The van der Waals surface area contributed by atoms with Crippen molar-refractivity contribution in [2.24, 2.45) is 11.1 Å². The zero-order valence-electron chi connectivity index (χ0n) is 13.3. The van der Waals surface area contributed by atoms with Gasteiger partial charge in [0.05, 0.1) is 0 Å². The van der Waals surface area contributed by atoms with Gasteiger partial charge in [-0.1, -0.05) is 20.8 Å². The van der Waals surface area contributed by atoms with Crippen molar-refractivity contribution < 1.29 is 9.59 Å². The van der Waals surface area contributed by atoms with Crippen LogP contribution >= 0.6 is 0 Å². The SMILES string of the molecule is CCN(CCN1C(=O)NC(C)(C)C1=O)CC(C)(C)CN. The van der Waals surface area contributed by atoms with Crippen molar-refractivity contribution in [1.29, 1.82) is 0 Å². The molecule has 0 atom stereocenters. The summed E-state index contributed by atoms with van der Waals surface area (Å²) >= 11 is 0. The topological polar surface area (TPSA) is 78.7 Å². The number of urea groups is 1. The Balaban J connectivity index is 2.57. The van der Waals surface area contributed by atoms with E-state index in [9.17, 15) is 9.59 Å². The predicted molar refractivity (Wildman–Crippen MR) is 79.3 cm³/mol. The maximum Gasteiger partial charge on any atom is 0.325 e. The van der Waals surface area contributed by atoms with E-state index in [2.05, 4.69) is 31.0 Å². The Bertz CT molecular complexity index is 379. The number of amides is 3. The van der Waals surface area contributed by atoms with E-state index in [4.69, 9.17) is 5.73 Å². The third-order valence-corrected chi connectivity index (χ3v) is 3.74. The minimum Gasteiger partial charge on any atom is -0.330 e. The average molecular weight is 284 g/mol. The second-order valence-electron chi connectivity index (χ2n) is 6.75. The highest BCUT2D eigenvalue weighted by molar-refractivity contribution is 6.06. The van der Waals surface area contributed by atoms with Crippen molar-refractivity contribution in [1.82, 2.24) is 15.1 Å². The lowest BCUT2D eigenvalue weighted by Crippen LogP contribution is -2.44. The van der Waals surface area contributed by atoms with Crippen LogP contribution in [-0.2, 0) is 4.79 Å². The largest absolute Gasteiger partial charge is 0.330 e. The molecule has 3 N–H and O–H groups in total. The van der Waals surface area contributed by atoms with Crippen LogP contribution in [-0.4, -0.2) is 60.0 Å². The van der Waals surface area contributed by atoms with E-state index in [1.54, 1.807) is 13.8 Å². The van der Waals surface area contributed by atoms with E-state index in [0.29, 0.717) is 19.6 Å². The van der Waals surface area contributed by atoms with Gasteiger partial charge >= 0.3 is 6.03 Å². The summed E-state index contributed by atoms with van der Waals surface area (Å²) in [5, 5.41) is 2.69. The second-order valence-corrected chi connectivity index (χ2v) is 6.75. The minimum absolute atomic E-state index is 0.0343. The molecule has 1 aliphatic rings. The molecule has 0 bridgehead atoms. The van der Waals surface area contributed by atoms with Gasteiger partial charge in [-0.25, -0.2) is 4.79 Å². The van der Waals surface area contributed by atoms with Crippen molar-refractivity contribution in [3.63, 3.8) is 0 Å². The summed E-state index contributed by atoms with van der Waals surface area (Å²) in [5.74, 6) is -0.156. The standard InChI is InChI=1S/C14H28N4O2/c1-6-17(10-13(2,3)9-15)7-8-18-11(19)14(4,5)16-12(18)20/h6-10,15H2,1-5H3,(H,16,20). The van der Waals surface area contributed by atoms with Gasteiger partial charge < -0.3 is 16.0 Å². The van der Waals surface area contributed by atoms with Gasteiger partial charge in [0.15, 0.2) is 0 Å². The Morgan fingerprint density at radius 2 is 1.95 bits per heavy atom. The molecular weight excluding hydrogens is 256 g/mol. The van der Waals surface area contributed by atoms with Crippen LogP contribution in [0.15, 0.2) is 0 Å². The molecule has 1 aliphatic heterocycles. The molecule has 3 amide bonds. The summed E-state index contributed by atoms with van der Waals surface area (Å²) in [6.07, 6.45) is 0. The smallest absolute Gasteiger partial charge is 0.325 e. The van der Waals surface area contributed by atoms with E-state index in [0.717, 1.165) is 13.1 Å². The number of hydrogen-bond acceptors (Lipinski definition) is 4. The van der Waals surface area contributed by atoms with Gasteiger partial charge in [-0.3, -0.25) is 9.69 Å². The third kappa shape index (κ3) is 3.93. The Morgan fingerprint density at radius 3 is 2.35 bits per heavy atom. The van der Waals surface area contributed by atoms with Gasteiger partial charge in [0, 0.05) is 19.6 Å². The van der Waals surface area contributed by atoms with E-state index < -0.39 is 5.54 Å². The first kappa shape index (κ1) is 16.9. The molecule has 1 heterocycles. The number of nitrogens with one attached hydrogen (secondary N) is 1. The van der Waals surface area contributed by atoms with Gasteiger partial charge in [-0.05, 0) is 32.4 Å². The zero-order valence-corrected chi connectivity index (χ0v) is 13.3. The fraction of sp³-hybridized carbons (Fsp3) is 0.857. The first-order valence-electron chi connectivity index (χ1n) is 7.19. The van der Waals surface area contributed by atoms with Crippen LogP contribution in [0, 0.1) is 5.41 Å². The van der Waals surface area contributed by atoms with Gasteiger partial charge in [-0.2, -0.15) is 0 Å². The second kappa shape index (κ2) is 6.10. The Kier molecular flexibility index (Phi) is 5.15. The highest BCUT2D eigenvalue weighted by atomic mass is 16.2. The number of imide groups is 1. The molecule has 1 saturated heterocycles.